The van der Waals surface area contributed by atoms with Gasteiger partial charge in [-0.2, -0.15) is 0 Å². The van der Waals surface area contributed by atoms with Gasteiger partial charge in [0.15, 0.2) is 0 Å². The van der Waals surface area contributed by atoms with Crippen LogP contribution in [-0.4, -0.2) is 39.0 Å². The Morgan fingerprint density at radius 3 is 2.30 bits per heavy atom. The van der Waals surface area contributed by atoms with Gasteiger partial charge in [-0.1, -0.05) is 43.2 Å². The highest BCUT2D eigenvalue weighted by Crippen LogP contribution is 2.35. The van der Waals surface area contributed by atoms with E-state index in [1.165, 1.54) is 0 Å². The zero-order valence-corrected chi connectivity index (χ0v) is 13.6. The average Bonchev–Trinajstić information content (AvgIpc) is 2.45. The molecule has 0 spiro atoms. The zero-order valence-electron chi connectivity index (χ0n) is 12.7. The van der Waals surface area contributed by atoms with Gasteiger partial charge in [0.1, 0.15) is 6.04 Å². The third-order valence-electron chi connectivity index (χ3n) is 3.28. The summed E-state index contributed by atoms with van der Waals surface area (Å²) in [6, 6.07) is 8.03. The number of nitrogens with one attached hydrogen (secondary N) is 1. The van der Waals surface area contributed by atoms with Crippen LogP contribution in [0.25, 0.3) is 0 Å². The second-order valence-corrected chi connectivity index (χ2v) is 7.13. The molecule has 1 aromatic rings. The van der Waals surface area contributed by atoms with E-state index in [-0.39, 0.29) is 24.9 Å². The van der Waals surface area contributed by atoms with E-state index in [1.54, 1.807) is 24.3 Å². The van der Waals surface area contributed by atoms with Crippen molar-refractivity contribution in [2.75, 3.05) is 6.16 Å². The lowest BCUT2D eigenvalue weighted by molar-refractivity contribution is -0.142. The smallest absolute Gasteiger partial charge is 0.326 e. The molecule has 0 saturated carbocycles. The van der Waals surface area contributed by atoms with Crippen LogP contribution >= 0.6 is 7.60 Å². The molecule has 0 aromatic heterocycles. The fourth-order valence-electron chi connectivity index (χ4n) is 2.13. The predicted octanol–water partition coefficient (Wildman–Crippen LogP) is 1.54. The Labute approximate surface area is 134 Å². The number of hydrogen-bond acceptors (Lipinski definition) is 3. The van der Waals surface area contributed by atoms with E-state index in [1.807, 2.05) is 6.07 Å². The van der Waals surface area contributed by atoms with Crippen molar-refractivity contribution >= 4 is 19.5 Å². The second-order valence-electron chi connectivity index (χ2n) is 5.36. The summed E-state index contributed by atoms with van der Waals surface area (Å²) in [5, 5.41) is 11.6. The first-order chi connectivity index (χ1) is 10.8. The number of hydrogen-bond donors (Lipinski definition) is 4. The summed E-state index contributed by atoms with van der Waals surface area (Å²) < 4.78 is 10.7. The molecule has 8 heteroatoms. The molecular formula is C15H22NO6P. The summed E-state index contributed by atoms with van der Waals surface area (Å²) in [7, 11) is -4.00. The summed E-state index contributed by atoms with van der Waals surface area (Å²) in [5.41, 5.74) is 0.802. The van der Waals surface area contributed by atoms with Crippen molar-refractivity contribution in [1.29, 1.82) is 0 Å². The summed E-state index contributed by atoms with van der Waals surface area (Å²) in [6.45, 7) is 0. The number of carboxylic acid groups (broad SMARTS) is 1. The molecule has 0 radical (unpaired) electrons. The maximum atomic E-state index is 11.9. The Morgan fingerprint density at radius 1 is 1.09 bits per heavy atom. The monoisotopic (exact) mass is 343 g/mol. The van der Waals surface area contributed by atoms with E-state index in [0.29, 0.717) is 19.3 Å². The molecule has 1 rings (SSSR count). The lowest BCUT2D eigenvalue weighted by Crippen LogP contribution is -2.41. The molecular weight excluding hydrogens is 321 g/mol. The molecule has 1 aromatic carbocycles. The van der Waals surface area contributed by atoms with E-state index < -0.39 is 19.6 Å². The van der Waals surface area contributed by atoms with Gasteiger partial charge in [-0.15, -0.1) is 0 Å². The number of unbranched alkanes of at least 4 members (excludes halogenated alkanes) is 2. The Kier molecular flexibility index (Phi) is 7.95. The number of carboxylic acids is 1. The van der Waals surface area contributed by atoms with Crippen molar-refractivity contribution in [3.05, 3.63) is 35.9 Å². The highest BCUT2D eigenvalue weighted by molar-refractivity contribution is 7.51. The summed E-state index contributed by atoms with van der Waals surface area (Å²) >= 11 is 0. The van der Waals surface area contributed by atoms with Crippen LogP contribution in [-0.2, 0) is 20.6 Å². The van der Waals surface area contributed by atoms with Crippen molar-refractivity contribution in [2.45, 2.75) is 38.1 Å². The minimum absolute atomic E-state index is 0.114. The van der Waals surface area contributed by atoms with Crippen LogP contribution in [0.4, 0.5) is 0 Å². The molecule has 7 nitrogen and oxygen atoms in total. The molecule has 1 atom stereocenters. The highest BCUT2D eigenvalue weighted by Gasteiger charge is 2.19. The third kappa shape index (κ3) is 9.13. The highest BCUT2D eigenvalue weighted by atomic mass is 31.2. The second kappa shape index (κ2) is 9.45. The molecule has 0 unspecified atom stereocenters. The maximum absolute atomic E-state index is 11.9. The van der Waals surface area contributed by atoms with E-state index >= 15 is 0 Å². The average molecular weight is 343 g/mol. The topological polar surface area (TPSA) is 124 Å². The van der Waals surface area contributed by atoms with Crippen LogP contribution in [0.3, 0.4) is 0 Å². The fourth-order valence-corrected chi connectivity index (χ4v) is 2.76. The Balaban J connectivity index is 2.35. The van der Waals surface area contributed by atoms with Crippen molar-refractivity contribution < 1.29 is 29.0 Å². The number of amides is 1. The summed E-state index contributed by atoms with van der Waals surface area (Å²) in [4.78, 5) is 40.5. The predicted molar refractivity (Wildman–Crippen MR) is 85.1 cm³/mol. The van der Waals surface area contributed by atoms with Gasteiger partial charge in [0.2, 0.25) is 5.91 Å². The number of rotatable bonds is 10. The number of carbonyl (C=O) groups excluding carboxylic acids is 1. The molecule has 128 valence electrons. The van der Waals surface area contributed by atoms with Gasteiger partial charge < -0.3 is 20.2 Å². The number of aliphatic carboxylic acids is 1. The summed E-state index contributed by atoms with van der Waals surface area (Å²) in [5.74, 6) is -1.47. The van der Waals surface area contributed by atoms with Crippen LogP contribution in [0.1, 0.15) is 31.2 Å². The van der Waals surface area contributed by atoms with Crippen LogP contribution in [0.5, 0.6) is 0 Å². The molecule has 1 amide bonds. The van der Waals surface area contributed by atoms with Crippen LogP contribution in [0.15, 0.2) is 30.3 Å². The van der Waals surface area contributed by atoms with E-state index in [0.717, 1.165) is 5.56 Å². The lowest BCUT2D eigenvalue weighted by atomic mass is 10.1. The van der Waals surface area contributed by atoms with Crippen molar-refractivity contribution in [3.8, 4) is 0 Å². The molecule has 0 saturated heterocycles. The standard InChI is InChI=1S/C15H22NO6P/c17-14(11-12-7-3-1-4-8-12)16-13(15(18)19)9-5-2-6-10-23(20,21)22/h1,3-4,7-8,13H,2,5-6,9-11H2,(H,16,17)(H,18,19)(H2,20,21,22)/t13-/m1/s1. The van der Waals surface area contributed by atoms with Crippen molar-refractivity contribution in [1.82, 2.24) is 5.32 Å². The first-order valence-electron chi connectivity index (χ1n) is 7.38. The SMILES string of the molecule is O=C(Cc1ccccc1)N[C@H](CCCCCP(=O)(O)O)C(=O)O. The minimum atomic E-state index is -4.00. The van der Waals surface area contributed by atoms with Gasteiger partial charge in [0, 0.05) is 6.16 Å². The van der Waals surface area contributed by atoms with Crippen molar-refractivity contribution in [2.24, 2.45) is 0 Å². The molecule has 4 N–H and O–H groups in total. The van der Waals surface area contributed by atoms with Gasteiger partial charge in [-0.25, -0.2) is 4.79 Å². The van der Waals surface area contributed by atoms with Gasteiger partial charge >= 0.3 is 13.6 Å². The minimum Gasteiger partial charge on any atom is -0.480 e. The molecule has 0 heterocycles. The molecule has 0 fully saturated rings. The normalized spacial score (nSPS) is 12.6. The summed E-state index contributed by atoms with van der Waals surface area (Å²) in [6.07, 6.45) is 1.45. The van der Waals surface area contributed by atoms with Crippen molar-refractivity contribution in [3.63, 3.8) is 0 Å². The van der Waals surface area contributed by atoms with E-state index in [2.05, 4.69) is 5.32 Å². The van der Waals surface area contributed by atoms with Gasteiger partial charge in [0.25, 0.3) is 0 Å². The maximum Gasteiger partial charge on any atom is 0.326 e. The van der Waals surface area contributed by atoms with Crippen LogP contribution < -0.4 is 5.32 Å². The lowest BCUT2D eigenvalue weighted by Gasteiger charge is -2.14. The third-order valence-corrected chi connectivity index (χ3v) is 4.18. The van der Waals surface area contributed by atoms with Crippen LogP contribution in [0.2, 0.25) is 0 Å². The first kappa shape index (κ1) is 19.4. The molecule has 0 aliphatic carbocycles. The van der Waals surface area contributed by atoms with Gasteiger partial charge in [0.05, 0.1) is 6.42 Å². The molecule has 23 heavy (non-hydrogen) atoms. The van der Waals surface area contributed by atoms with E-state index in [9.17, 15) is 14.2 Å². The molecule has 0 bridgehead atoms. The Hall–Kier alpha value is -1.69. The van der Waals surface area contributed by atoms with Gasteiger partial charge in [-0.3, -0.25) is 9.36 Å². The molecule has 0 aliphatic rings. The van der Waals surface area contributed by atoms with Crippen LogP contribution in [0, 0.1) is 0 Å². The Bertz CT molecular complexity index is 556. The zero-order chi connectivity index (χ0) is 17.3. The van der Waals surface area contributed by atoms with Gasteiger partial charge in [-0.05, 0) is 18.4 Å². The number of carbonyl (C=O) groups is 2. The van der Waals surface area contributed by atoms with E-state index in [4.69, 9.17) is 14.9 Å². The quantitative estimate of drug-likeness (QED) is 0.377. The largest absolute Gasteiger partial charge is 0.480 e. The molecule has 0 aliphatic heterocycles. The fraction of sp³-hybridized carbons (Fsp3) is 0.467. The Morgan fingerprint density at radius 2 is 1.74 bits per heavy atom. The number of benzene rings is 1. The first-order valence-corrected chi connectivity index (χ1v) is 9.18.